The molecular formula is C23H23ClN2O3. The maximum absolute atomic E-state index is 12.0. The van der Waals surface area contributed by atoms with Gasteiger partial charge in [0.2, 0.25) is 0 Å². The minimum Gasteiger partial charge on any atom is -0.490 e. The number of aromatic nitrogens is 2. The van der Waals surface area contributed by atoms with E-state index in [2.05, 4.69) is 5.10 Å². The maximum atomic E-state index is 12.0. The SMILES string of the molecule is Cc1ccc(OCCOC(=O)/C=C/c2c(C)nn(Cc3ccccc3)c2Cl)cc1. The predicted octanol–water partition coefficient (Wildman–Crippen LogP) is 4.84. The van der Waals surface area contributed by atoms with E-state index in [1.807, 2.05) is 68.4 Å². The summed E-state index contributed by atoms with van der Waals surface area (Å²) in [5.41, 5.74) is 3.71. The van der Waals surface area contributed by atoms with E-state index in [9.17, 15) is 4.79 Å². The molecule has 0 aliphatic heterocycles. The summed E-state index contributed by atoms with van der Waals surface area (Å²) < 4.78 is 12.4. The van der Waals surface area contributed by atoms with Crippen LogP contribution in [0, 0.1) is 13.8 Å². The van der Waals surface area contributed by atoms with Crippen LogP contribution in [0.1, 0.15) is 22.4 Å². The Morgan fingerprint density at radius 3 is 2.52 bits per heavy atom. The van der Waals surface area contributed by atoms with Crippen molar-refractivity contribution in [2.45, 2.75) is 20.4 Å². The molecule has 0 amide bonds. The zero-order valence-corrected chi connectivity index (χ0v) is 17.2. The molecule has 150 valence electrons. The van der Waals surface area contributed by atoms with E-state index in [1.165, 1.54) is 6.08 Å². The molecule has 0 aliphatic rings. The van der Waals surface area contributed by atoms with E-state index < -0.39 is 5.97 Å². The van der Waals surface area contributed by atoms with Gasteiger partial charge in [-0.15, -0.1) is 0 Å². The Hall–Kier alpha value is -3.05. The molecule has 5 nitrogen and oxygen atoms in total. The Balaban J connectivity index is 1.51. The summed E-state index contributed by atoms with van der Waals surface area (Å²) in [5.74, 6) is 0.291. The summed E-state index contributed by atoms with van der Waals surface area (Å²) in [4.78, 5) is 12.0. The second kappa shape index (κ2) is 9.94. The molecule has 0 fully saturated rings. The van der Waals surface area contributed by atoms with Crippen LogP contribution in [0.4, 0.5) is 0 Å². The summed E-state index contributed by atoms with van der Waals surface area (Å²) in [7, 11) is 0. The Morgan fingerprint density at radius 1 is 1.07 bits per heavy atom. The summed E-state index contributed by atoms with van der Waals surface area (Å²) in [6.07, 6.45) is 2.99. The van der Waals surface area contributed by atoms with Gasteiger partial charge in [0.25, 0.3) is 0 Å². The molecule has 1 aromatic heterocycles. The monoisotopic (exact) mass is 410 g/mol. The molecule has 2 aromatic carbocycles. The Labute approximate surface area is 175 Å². The van der Waals surface area contributed by atoms with Gasteiger partial charge in [0.15, 0.2) is 0 Å². The molecule has 0 radical (unpaired) electrons. The number of benzene rings is 2. The number of hydrogen-bond acceptors (Lipinski definition) is 4. The van der Waals surface area contributed by atoms with Crippen LogP contribution in [0.2, 0.25) is 5.15 Å². The zero-order chi connectivity index (χ0) is 20.6. The molecule has 0 aliphatic carbocycles. The van der Waals surface area contributed by atoms with Crippen molar-refractivity contribution in [3.8, 4) is 5.75 Å². The van der Waals surface area contributed by atoms with Crippen LogP contribution in [0.25, 0.3) is 6.08 Å². The van der Waals surface area contributed by atoms with Crippen molar-refractivity contribution in [2.75, 3.05) is 13.2 Å². The number of aryl methyl sites for hydroxylation is 2. The van der Waals surface area contributed by atoms with Crippen molar-refractivity contribution in [3.05, 3.63) is 88.2 Å². The summed E-state index contributed by atoms with van der Waals surface area (Å²) in [5, 5.41) is 4.94. The van der Waals surface area contributed by atoms with Gasteiger partial charge in [0, 0.05) is 11.6 Å². The summed E-state index contributed by atoms with van der Waals surface area (Å²) in [6.45, 7) is 4.88. The first kappa shape index (κ1) is 20.7. The number of ether oxygens (including phenoxy) is 2. The molecule has 0 spiro atoms. The molecule has 29 heavy (non-hydrogen) atoms. The average Bonchev–Trinajstić information content (AvgIpc) is 2.98. The van der Waals surface area contributed by atoms with Crippen LogP contribution in [0.3, 0.4) is 0 Å². The van der Waals surface area contributed by atoms with Crippen molar-refractivity contribution in [1.29, 1.82) is 0 Å². The third-order valence-electron chi connectivity index (χ3n) is 4.29. The fourth-order valence-electron chi connectivity index (χ4n) is 2.75. The van der Waals surface area contributed by atoms with E-state index in [4.69, 9.17) is 21.1 Å². The van der Waals surface area contributed by atoms with Gasteiger partial charge in [0.1, 0.15) is 24.1 Å². The summed E-state index contributed by atoms with van der Waals surface area (Å²) in [6, 6.07) is 17.6. The van der Waals surface area contributed by atoms with E-state index in [1.54, 1.807) is 10.8 Å². The topological polar surface area (TPSA) is 53.4 Å². The van der Waals surface area contributed by atoms with Crippen LogP contribution in [0.15, 0.2) is 60.7 Å². The number of carbonyl (C=O) groups is 1. The standard InChI is InChI=1S/C23H23ClN2O3/c1-17-8-10-20(11-9-17)28-14-15-29-22(27)13-12-21-18(2)25-26(23(21)24)16-19-6-4-3-5-7-19/h3-13H,14-16H2,1-2H3/b13-12+. The fraction of sp³-hybridized carbons (Fsp3) is 0.217. The molecule has 0 N–H and O–H groups in total. The number of hydrogen-bond donors (Lipinski definition) is 0. The number of carbonyl (C=O) groups excluding carboxylic acids is 1. The maximum Gasteiger partial charge on any atom is 0.330 e. The van der Waals surface area contributed by atoms with Gasteiger partial charge < -0.3 is 9.47 Å². The second-order valence-electron chi connectivity index (χ2n) is 6.60. The minimum absolute atomic E-state index is 0.164. The van der Waals surface area contributed by atoms with Gasteiger partial charge in [-0.25, -0.2) is 9.48 Å². The van der Waals surface area contributed by atoms with Crippen molar-refractivity contribution in [2.24, 2.45) is 0 Å². The third kappa shape index (κ3) is 5.96. The molecule has 0 saturated carbocycles. The highest BCUT2D eigenvalue weighted by Gasteiger charge is 2.12. The lowest BCUT2D eigenvalue weighted by Gasteiger charge is -2.06. The van der Waals surface area contributed by atoms with Crippen molar-refractivity contribution in [1.82, 2.24) is 9.78 Å². The first-order valence-corrected chi connectivity index (χ1v) is 9.72. The Morgan fingerprint density at radius 2 is 1.79 bits per heavy atom. The van der Waals surface area contributed by atoms with E-state index >= 15 is 0 Å². The quantitative estimate of drug-likeness (QED) is 0.303. The van der Waals surface area contributed by atoms with Gasteiger partial charge in [-0.05, 0) is 37.6 Å². The van der Waals surface area contributed by atoms with E-state index in [0.717, 1.165) is 22.6 Å². The average molecular weight is 411 g/mol. The number of rotatable bonds is 8. The Kier molecular flexibility index (Phi) is 7.09. The lowest BCUT2D eigenvalue weighted by atomic mass is 10.2. The van der Waals surface area contributed by atoms with Gasteiger partial charge in [-0.1, -0.05) is 59.6 Å². The predicted molar refractivity (Wildman–Crippen MR) is 114 cm³/mol. The van der Waals surface area contributed by atoms with Gasteiger partial charge >= 0.3 is 5.97 Å². The minimum atomic E-state index is -0.455. The zero-order valence-electron chi connectivity index (χ0n) is 16.5. The fourth-order valence-corrected chi connectivity index (χ4v) is 3.05. The first-order valence-electron chi connectivity index (χ1n) is 9.34. The molecule has 0 unspecified atom stereocenters. The first-order chi connectivity index (χ1) is 14.0. The molecule has 6 heteroatoms. The smallest absolute Gasteiger partial charge is 0.330 e. The van der Waals surface area contributed by atoms with Gasteiger partial charge in [-0.3, -0.25) is 0 Å². The highest BCUT2D eigenvalue weighted by Crippen LogP contribution is 2.22. The third-order valence-corrected chi connectivity index (χ3v) is 4.69. The molecule has 0 saturated heterocycles. The number of nitrogens with zero attached hydrogens (tertiary/aromatic N) is 2. The van der Waals surface area contributed by atoms with Crippen molar-refractivity contribution >= 4 is 23.6 Å². The molecule has 3 rings (SSSR count). The molecular weight excluding hydrogens is 388 g/mol. The largest absolute Gasteiger partial charge is 0.490 e. The van der Waals surface area contributed by atoms with Crippen LogP contribution < -0.4 is 4.74 Å². The lowest BCUT2D eigenvalue weighted by molar-refractivity contribution is -0.138. The molecule has 0 bridgehead atoms. The lowest BCUT2D eigenvalue weighted by Crippen LogP contribution is -2.10. The van der Waals surface area contributed by atoms with Crippen LogP contribution in [-0.2, 0) is 16.1 Å². The second-order valence-corrected chi connectivity index (χ2v) is 6.95. The van der Waals surface area contributed by atoms with E-state index in [-0.39, 0.29) is 13.2 Å². The van der Waals surface area contributed by atoms with Gasteiger partial charge in [0.05, 0.1) is 12.2 Å². The number of halogens is 1. The van der Waals surface area contributed by atoms with Crippen LogP contribution in [-0.4, -0.2) is 29.0 Å². The van der Waals surface area contributed by atoms with Crippen LogP contribution >= 0.6 is 11.6 Å². The van der Waals surface area contributed by atoms with Crippen LogP contribution in [0.5, 0.6) is 5.75 Å². The highest BCUT2D eigenvalue weighted by atomic mass is 35.5. The molecule has 3 aromatic rings. The normalized spacial score (nSPS) is 11.0. The number of esters is 1. The van der Waals surface area contributed by atoms with Crippen molar-refractivity contribution < 1.29 is 14.3 Å². The summed E-state index contributed by atoms with van der Waals surface area (Å²) >= 11 is 6.45. The van der Waals surface area contributed by atoms with E-state index in [0.29, 0.717) is 17.3 Å². The molecule has 1 heterocycles. The van der Waals surface area contributed by atoms with Gasteiger partial charge in [-0.2, -0.15) is 5.10 Å². The highest BCUT2D eigenvalue weighted by molar-refractivity contribution is 6.31. The van der Waals surface area contributed by atoms with Crippen molar-refractivity contribution in [3.63, 3.8) is 0 Å². The Bertz CT molecular complexity index is 979. The molecule has 0 atom stereocenters.